The maximum absolute atomic E-state index is 13.7. The monoisotopic (exact) mass is 513 g/mol. The van der Waals surface area contributed by atoms with Crippen LogP contribution in [0.5, 0.6) is 5.75 Å². The number of carbonyl (C=O) groups is 2. The molecule has 2 aliphatic heterocycles. The quantitative estimate of drug-likeness (QED) is 0.457. The Morgan fingerprint density at radius 2 is 1.68 bits per heavy atom. The van der Waals surface area contributed by atoms with Gasteiger partial charge in [0.2, 0.25) is 5.91 Å². The summed E-state index contributed by atoms with van der Waals surface area (Å²) in [6, 6.07) is 25.5. The molecular formula is C31H35N3O4. The first-order valence-electron chi connectivity index (χ1n) is 13.0. The molecule has 1 spiro atoms. The molecule has 2 aliphatic rings. The average Bonchev–Trinajstić information content (AvgIpc) is 3.15. The summed E-state index contributed by atoms with van der Waals surface area (Å²) >= 11 is 0. The Morgan fingerprint density at radius 1 is 1.00 bits per heavy atom. The third-order valence-corrected chi connectivity index (χ3v) is 7.33. The largest absolute Gasteiger partial charge is 0.497 e. The molecule has 7 heteroatoms. The number of piperidine rings is 1. The number of rotatable bonds is 5. The van der Waals surface area contributed by atoms with Crippen molar-refractivity contribution in [3.05, 3.63) is 90.0 Å². The van der Waals surface area contributed by atoms with Crippen molar-refractivity contribution >= 4 is 23.4 Å². The molecular weight excluding hydrogens is 478 g/mol. The second-order valence-electron chi connectivity index (χ2n) is 11.0. The van der Waals surface area contributed by atoms with Crippen molar-refractivity contribution in [3.8, 4) is 5.75 Å². The number of likely N-dealkylation sites (tertiary alicyclic amines) is 1. The first-order chi connectivity index (χ1) is 18.2. The van der Waals surface area contributed by atoms with Gasteiger partial charge in [0.05, 0.1) is 12.8 Å². The van der Waals surface area contributed by atoms with E-state index in [1.165, 1.54) is 0 Å². The molecule has 0 aromatic heterocycles. The summed E-state index contributed by atoms with van der Waals surface area (Å²) in [7, 11) is 1.63. The third-order valence-electron chi connectivity index (χ3n) is 7.33. The van der Waals surface area contributed by atoms with Gasteiger partial charge in [-0.25, -0.2) is 4.79 Å². The lowest BCUT2D eigenvalue weighted by Gasteiger charge is -2.44. The zero-order chi connectivity index (χ0) is 26.9. The van der Waals surface area contributed by atoms with Crippen LogP contribution in [0.3, 0.4) is 0 Å². The molecule has 3 aromatic rings. The van der Waals surface area contributed by atoms with Gasteiger partial charge in [0.1, 0.15) is 17.5 Å². The van der Waals surface area contributed by atoms with Crippen molar-refractivity contribution in [2.75, 3.05) is 23.9 Å². The van der Waals surface area contributed by atoms with Gasteiger partial charge in [-0.05, 0) is 68.7 Å². The van der Waals surface area contributed by atoms with Crippen LogP contribution in [0.1, 0.15) is 44.7 Å². The smallest absolute Gasteiger partial charge is 0.416 e. The second kappa shape index (κ2) is 10.0. The minimum atomic E-state index is -0.665. The fourth-order valence-corrected chi connectivity index (χ4v) is 5.56. The number of methoxy groups -OCH3 is 1. The summed E-state index contributed by atoms with van der Waals surface area (Å²) < 4.78 is 11.2. The molecule has 1 saturated heterocycles. The lowest BCUT2D eigenvalue weighted by molar-refractivity contribution is -0.136. The molecule has 2 heterocycles. The topological polar surface area (TPSA) is 71.1 Å². The van der Waals surface area contributed by atoms with E-state index in [1.54, 1.807) is 12.0 Å². The SMILES string of the molecule is COc1ccc(NC2N(C(=O)OC(C)(C)C)c3ccccc3C23CCN(Cc2ccccc2)C(=O)C3)cc1. The molecule has 2 atom stereocenters. The van der Waals surface area contributed by atoms with Crippen molar-refractivity contribution in [2.24, 2.45) is 0 Å². The first-order valence-corrected chi connectivity index (χ1v) is 13.0. The summed E-state index contributed by atoms with van der Waals surface area (Å²) in [4.78, 5) is 31.0. The van der Waals surface area contributed by atoms with Gasteiger partial charge in [-0.2, -0.15) is 0 Å². The van der Waals surface area contributed by atoms with Crippen molar-refractivity contribution in [3.63, 3.8) is 0 Å². The number of hydrogen-bond donors (Lipinski definition) is 1. The molecule has 3 aromatic carbocycles. The number of nitrogens with zero attached hydrogens (tertiary/aromatic N) is 2. The highest BCUT2D eigenvalue weighted by molar-refractivity contribution is 5.95. The number of benzene rings is 3. The highest BCUT2D eigenvalue weighted by Gasteiger charge is 2.56. The number of ether oxygens (including phenoxy) is 2. The zero-order valence-corrected chi connectivity index (χ0v) is 22.4. The van der Waals surface area contributed by atoms with E-state index < -0.39 is 23.3 Å². The fraction of sp³-hybridized carbons (Fsp3) is 0.355. The van der Waals surface area contributed by atoms with E-state index in [9.17, 15) is 9.59 Å². The van der Waals surface area contributed by atoms with E-state index in [-0.39, 0.29) is 12.3 Å². The minimum Gasteiger partial charge on any atom is -0.497 e. The molecule has 198 valence electrons. The molecule has 0 radical (unpaired) electrons. The summed E-state index contributed by atoms with van der Waals surface area (Å²) in [6.07, 6.45) is 0.0395. The van der Waals surface area contributed by atoms with Crippen LogP contribution in [0.4, 0.5) is 16.2 Å². The van der Waals surface area contributed by atoms with E-state index in [0.29, 0.717) is 19.5 Å². The van der Waals surface area contributed by atoms with E-state index in [1.807, 2.05) is 105 Å². The summed E-state index contributed by atoms with van der Waals surface area (Å²) in [5.74, 6) is 0.816. The predicted molar refractivity (Wildman–Crippen MR) is 148 cm³/mol. The van der Waals surface area contributed by atoms with Crippen molar-refractivity contribution in [1.82, 2.24) is 4.90 Å². The fourth-order valence-electron chi connectivity index (χ4n) is 5.56. The van der Waals surface area contributed by atoms with Gasteiger partial charge < -0.3 is 19.7 Å². The molecule has 2 amide bonds. The lowest BCUT2D eigenvalue weighted by atomic mass is 9.71. The van der Waals surface area contributed by atoms with E-state index in [0.717, 1.165) is 28.3 Å². The Labute approximate surface area is 224 Å². The summed E-state index contributed by atoms with van der Waals surface area (Å²) in [6.45, 7) is 6.75. The molecule has 7 nitrogen and oxygen atoms in total. The van der Waals surface area contributed by atoms with Gasteiger partial charge in [-0.15, -0.1) is 0 Å². The number of fused-ring (bicyclic) bond motifs is 2. The van der Waals surface area contributed by atoms with Crippen LogP contribution in [0.15, 0.2) is 78.9 Å². The molecule has 0 aliphatic carbocycles. The van der Waals surface area contributed by atoms with Gasteiger partial charge in [-0.1, -0.05) is 48.5 Å². The van der Waals surface area contributed by atoms with Crippen LogP contribution in [-0.2, 0) is 21.5 Å². The number of hydrogen-bond acceptors (Lipinski definition) is 5. The summed E-state index contributed by atoms with van der Waals surface area (Å²) in [5, 5.41) is 3.60. The van der Waals surface area contributed by atoms with Gasteiger partial charge in [0.25, 0.3) is 0 Å². The Balaban J connectivity index is 1.53. The molecule has 1 N–H and O–H groups in total. The van der Waals surface area contributed by atoms with Crippen molar-refractivity contribution in [2.45, 2.75) is 57.3 Å². The van der Waals surface area contributed by atoms with Gasteiger partial charge in [-0.3, -0.25) is 9.69 Å². The van der Waals surface area contributed by atoms with Crippen LogP contribution in [0.25, 0.3) is 0 Å². The number of anilines is 2. The van der Waals surface area contributed by atoms with Gasteiger partial charge >= 0.3 is 6.09 Å². The minimum absolute atomic E-state index is 0.0717. The van der Waals surface area contributed by atoms with Crippen molar-refractivity contribution in [1.29, 1.82) is 0 Å². The first kappa shape index (κ1) is 25.6. The van der Waals surface area contributed by atoms with Crippen molar-refractivity contribution < 1.29 is 19.1 Å². The van der Waals surface area contributed by atoms with Crippen LogP contribution in [0, 0.1) is 0 Å². The Kier molecular flexibility index (Phi) is 6.78. The van der Waals surface area contributed by atoms with Crippen LogP contribution >= 0.6 is 0 Å². The highest BCUT2D eigenvalue weighted by atomic mass is 16.6. The number of para-hydroxylation sites is 1. The predicted octanol–water partition coefficient (Wildman–Crippen LogP) is 5.95. The van der Waals surface area contributed by atoms with E-state index in [2.05, 4.69) is 5.32 Å². The normalized spacial score (nSPS) is 20.8. The van der Waals surface area contributed by atoms with Gasteiger partial charge in [0.15, 0.2) is 0 Å². The van der Waals surface area contributed by atoms with E-state index >= 15 is 0 Å². The Morgan fingerprint density at radius 3 is 2.34 bits per heavy atom. The molecule has 0 saturated carbocycles. The maximum Gasteiger partial charge on any atom is 0.416 e. The van der Waals surface area contributed by atoms with Gasteiger partial charge in [0, 0.05) is 30.6 Å². The zero-order valence-electron chi connectivity index (χ0n) is 22.4. The summed E-state index contributed by atoms with van der Waals surface area (Å²) in [5.41, 5.74) is 2.42. The number of carbonyl (C=O) groups excluding carboxylic acids is 2. The van der Waals surface area contributed by atoms with Crippen LogP contribution in [-0.4, -0.2) is 42.3 Å². The maximum atomic E-state index is 13.7. The molecule has 2 unspecified atom stereocenters. The van der Waals surface area contributed by atoms with Crippen LogP contribution in [0.2, 0.25) is 0 Å². The van der Waals surface area contributed by atoms with Crippen LogP contribution < -0.4 is 15.0 Å². The highest BCUT2D eigenvalue weighted by Crippen LogP contribution is 2.52. The molecule has 5 rings (SSSR count). The molecule has 0 bridgehead atoms. The molecule has 1 fully saturated rings. The second-order valence-corrected chi connectivity index (χ2v) is 11.0. The Hall–Kier alpha value is -4.00. The average molecular weight is 514 g/mol. The number of amides is 2. The van der Waals surface area contributed by atoms with E-state index in [4.69, 9.17) is 9.47 Å². The molecule has 38 heavy (non-hydrogen) atoms. The third kappa shape index (κ3) is 4.93. The number of nitrogens with one attached hydrogen (secondary N) is 1. The Bertz CT molecular complexity index is 1300. The standard InChI is InChI=1S/C31H35N3O4/c1-30(2,3)38-29(36)34-26-13-9-8-12-25(26)31(28(34)32-23-14-16-24(37-4)17-15-23)18-19-33(27(35)20-31)21-22-10-6-5-7-11-22/h5-17,28,32H,18-21H2,1-4H3. The lowest BCUT2D eigenvalue weighted by Crippen LogP contribution is -2.58.